The first-order valence-corrected chi connectivity index (χ1v) is 11.3. The molecule has 2 N–H and O–H groups in total. The highest BCUT2D eigenvalue weighted by molar-refractivity contribution is 7.92. The van der Waals surface area contributed by atoms with Gasteiger partial charge in [-0.2, -0.15) is 5.10 Å². The van der Waals surface area contributed by atoms with Crippen molar-refractivity contribution in [3.8, 4) is 0 Å². The molecule has 0 fully saturated rings. The Morgan fingerprint density at radius 1 is 0.968 bits per heavy atom. The molecule has 0 bridgehead atoms. The summed E-state index contributed by atoms with van der Waals surface area (Å²) >= 11 is 0. The third-order valence-corrected chi connectivity index (χ3v) is 6.11. The number of hydrogen-bond donors (Lipinski definition) is 2. The Bertz CT molecular complexity index is 1270. The first kappa shape index (κ1) is 22.2. The molecule has 0 aliphatic carbocycles. The van der Waals surface area contributed by atoms with Crippen LogP contribution in [0.2, 0.25) is 0 Å². The molecule has 0 unspecified atom stereocenters. The van der Waals surface area contributed by atoms with Gasteiger partial charge in [0, 0.05) is 24.0 Å². The first-order chi connectivity index (χ1) is 14.7. The lowest BCUT2D eigenvalue weighted by Gasteiger charge is -2.11. The van der Waals surface area contributed by atoms with E-state index in [-0.39, 0.29) is 16.1 Å². The molecule has 0 saturated carbocycles. The van der Waals surface area contributed by atoms with Gasteiger partial charge in [-0.3, -0.25) is 14.3 Å². The van der Waals surface area contributed by atoms with Gasteiger partial charge >= 0.3 is 0 Å². The van der Waals surface area contributed by atoms with Gasteiger partial charge in [0.15, 0.2) is 0 Å². The fourth-order valence-corrected chi connectivity index (χ4v) is 3.92. The molecule has 2 aromatic carbocycles. The summed E-state index contributed by atoms with van der Waals surface area (Å²) in [5, 5.41) is 6.72. The Balaban J connectivity index is 1.73. The van der Waals surface area contributed by atoms with Crippen LogP contribution in [0.4, 0.5) is 11.4 Å². The average molecular weight is 441 g/mol. The highest BCUT2D eigenvalue weighted by atomic mass is 32.2. The second kappa shape index (κ2) is 9.13. The quantitative estimate of drug-likeness (QED) is 0.586. The maximum atomic E-state index is 12.6. The average Bonchev–Trinajstić information content (AvgIpc) is 2.72. The number of sulfonamides is 1. The molecule has 9 heteroatoms. The minimum atomic E-state index is -3.77. The van der Waals surface area contributed by atoms with E-state index in [9.17, 15) is 18.0 Å². The van der Waals surface area contributed by atoms with Crippen molar-refractivity contribution in [3.63, 3.8) is 0 Å². The Morgan fingerprint density at radius 2 is 1.65 bits per heavy atom. The lowest BCUT2D eigenvalue weighted by molar-refractivity contribution is 0.101. The monoisotopic (exact) mass is 440 g/mol. The zero-order valence-electron chi connectivity index (χ0n) is 17.5. The number of carbonyl (C=O) groups is 1. The van der Waals surface area contributed by atoms with E-state index < -0.39 is 15.9 Å². The number of nitrogens with zero attached hydrogens (tertiary/aromatic N) is 2. The number of carbonyl (C=O) groups excluding carboxylic acids is 1. The Kier molecular flexibility index (Phi) is 6.55. The molecule has 31 heavy (non-hydrogen) atoms. The third kappa shape index (κ3) is 5.37. The lowest BCUT2D eigenvalue weighted by Crippen LogP contribution is -2.26. The molecule has 3 rings (SSSR count). The van der Waals surface area contributed by atoms with Crippen molar-refractivity contribution in [2.24, 2.45) is 0 Å². The molecular weight excluding hydrogens is 416 g/mol. The molecule has 1 aromatic heterocycles. The zero-order chi connectivity index (χ0) is 22.6. The molecule has 0 radical (unpaired) electrons. The van der Waals surface area contributed by atoms with Crippen molar-refractivity contribution in [2.75, 3.05) is 10.0 Å². The van der Waals surface area contributed by atoms with Crippen LogP contribution >= 0.6 is 0 Å². The van der Waals surface area contributed by atoms with Crippen LogP contribution in [0, 0.1) is 13.8 Å². The second-order valence-electron chi connectivity index (χ2n) is 7.16. The van der Waals surface area contributed by atoms with Crippen LogP contribution in [0.3, 0.4) is 0 Å². The van der Waals surface area contributed by atoms with Crippen molar-refractivity contribution >= 4 is 27.3 Å². The number of anilines is 2. The molecule has 0 atom stereocenters. The summed E-state index contributed by atoms with van der Waals surface area (Å²) in [5.74, 6) is -0.492. The predicted molar refractivity (Wildman–Crippen MR) is 120 cm³/mol. The maximum absolute atomic E-state index is 12.6. The van der Waals surface area contributed by atoms with Crippen LogP contribution in [0.25, 0.3) is 0 Å². The fraction of sp³-hybridized carbons (Fsp3) is 0.227. The van der Waals surface area contributed by atoms with E-state index in [0.29, 0.717) is 24.3 Å². The van der Waals surface area contributed by atoms with E-state index in [1.165, 1.54) is 41.1 Å². The number of amides is 1. The van der Waals surface area contributed by atoms with Gasteiger partial charge in [-0.25, -0.2) is 13.1 Å². The normalized spacial score (nSPS) is 11.2. The van der Waals surface area contributed by atoms with Crippen LogP contribution in [0.1, 0.15) is 35.0 Å². The summed E-state index contributed by atoms with van der Waals surface area (Å²) in [6, 6.07) is 13.8. The number of hydrogen-bond acceptors (Lipinski definition) is 5. The first-order valence-electron chi connectivity index (χ1n) is 9.79. The van der Waals surface area contributed by atoms with Gasteiger partial charge in [0.2, 0.25) is 0 Å². The van der Waals surface area contributed by atoms with Gasteiger partial charge in [0.1, 0.15) is 5.69 Å². The van der Waals surface area contributed by atoms with Crippen LogP contribution in [0.5, 0.6) is 0 Å². The van der Waals surface area contributed by atoms with Crippen LogP contribution < -0.4 is 15.6 Å². The number of aryl methyl sites for hydroxylation is 3. The summed E-state index contributed by atoms with van der Waals surface area (Å²) in [7, 11) is -3.77. The zero-order valence-corrected chi connectivity index (χ0v) is 18.4. The van der Waals surface area contributed by atoms with E-state index >= 15 is 0 Å². The van der Waals surface area contributed by atoms with E-state index in [2.05, 4.69) is 15.1 Å². The van der Waals surface area contributed by atoms with Gasteiger partial charge in [0.05, 0.1) is 4.90 Å². The van der Waals surface area contributed by atoms with E-state index in [0.717, 1.165) is 11.1 Å². The highest BCUT2D eigenvalue weighted by Gasteiger charge is 2.15. The second-order valence-corrected chi connectivity index (χ2v) is 8.85. The van der Waals surface area contributed by atoms with Crippen molar-refractivity contribution < 1.29 is 13.2 Å². The smallest absolute Gasteiger partial charge is 0.276 e. The Morgan fingerprint density at radius 3 is 2.29 bits per heavy atom. The van der Waals surface area contributed by atoms with Crippen LogP contribution in [0.15, 0.2) is 64.3 Å². The maximum Gasteiger partial charge on any atom is 0.276 e. The SMILES string of the molecule is CCCn1nc(C(=O)Nc2ccc(S(=O)(=O)Nc3ccc(C)c(C)c3)cc2)ccc1=O. The summed E-state index contributed by atoms with van der Waals surface area (Å²) in [6.07, 6.45) is 0.712. The molecule has 8 nitrogen and oxygen atoms in total. The Hall–Kier alpha value is -3.46. The van der Waals surface area contributed by atoms with Crippen molar-refractivity contribution in [3.05, 3.63) is 81.8 Å². The highest BCUT2D eigenvalue weighted by Crippen LogP contribution is 2.20. The molecule has 3 aromatic rings. The molecule has 0 spiro atoms. The summed E-state index contributed by atoms with van der Waals surface area (Å²) in [5.41, 5.74) is 2.77. The molecule has 1 heterocycles. The van der Waals surface area contributed by atoms with Gasteiger partial charge in [0.25, 0.3) is 21.5 Å². The van der Waals surface area contributed by atoms with Gasteiger partial charge in [-0.15, -0.1) is 0 Å². The van der Waals surface area contributed by atoms with Crippen molar-refractivity contribution in [1.29, 1.82) is 0 Å². The van der Waals surface area contributed by atoms with Gasteiger partial charge < -0.3 is 5.32 Å². The van der Waals surface area contributed by atoms with Crippen molar-refractivity contribution in [1.82, 2.24) is 9.78 Å². The van der Waals surface area contributed by atoms with Gasteiger partial charge in [-0.05, 0) is 73.9 Å². The van der Waals surface area contributed by atoms with Crippen LogP contribution in [-0.4, -0.2) is 24.1 Å². The van der Waals surface area contributed by atoms with Crippen molar-refractivity contribution in [2.45, 2.75) is 38.6 Å². The molecule has 162 valence electrons. The minimum absolute atomic E-state index is 0.0679. The number of aromatic nitrogens is 2. The predicted octanol–water partition coefficient (Wildman–Crippen LogP) is 3.32. The molecule has 1 amide bonds. The fourth-order valence-electron chi connectivity index (χ4n) is 2.87. The summed E-state index contributed by atoms with van der Waals surface area (Å²) in [6.45, 7) is 6.19. The third-order valence-electron chi connectivity index (χ3n) is 4.72. The summed E-state index contributed by atoms with van der Waals surface area (Å²) < 4.78 is 29.1. The largest absolute Gasteiger partial charge is 0.321 e. The lowest BCUT2D eigenvalue weighted by atomic mass is 10.1. The van der Waals surface area contributed by atoms with E-state index in [1.807, 2.05) is 26.8 Å². The van der Waals surface area contributed by atoms with Gasteiger partial charge in [-0.1, -0.05) is 13.0 Å². The molecule has 0 aliphatic rings. The standard InChI is InChI=1S/C22H24N4O4S/c1-4-13-26-21(27)12-11-20(24-26)22(28)23-17-7-9-19(10-8-17)31(29,30)25-18-6-5-15(2)16(3)14-18/h5-12,14,25H,4,13H2,1-3H3,(H,23,28). The van der Waals surface area contributed by atoms with Crippen LogP contribution in [-0.2, 0) is 16.6 Å². The summed E-state index contributed by atoms with van der Waals surface area (Å²) in [4.78, 5) is 24.3. The Labute approximate surface area is 181 Å². The molecule has 0 aliphatic heterocycles. The number of nitrogens with one attached hydrogen (secondary N) is 2. The number of benzene rings is 2. The van der Waals surface area contributed by atoms with E-state index in [1.54, 1.807) is 12.1 Å². The molecule has 0 saturated heterocycles. The number of rotatable bonds is 7. The van der Waals surface area contributed by atoms with E-state index in [4.69, 9.17) is 0 Å². The minimum Gasteiger partial charge on any atom is -0.321 e. The molecular formula is C22H24N4O4S. The topological polar surface area (TPSA) is 110 Å².